The van der Waals surface area contributed by atoms with Gasteiger partial charge < -0.3 is 24.1 Å². The van der Waals surface area contributed by atoms with Crippen molar-refractivity contribution in [2.24, 2.45) is 0 Å². The highest BCUT2D eigenvalue weighted by Gasteiger charge is 2.18. The highest BCUT2D eigenvalue weighted by Crippen LogP contribution is 2.26. The number of rotatable bonds is 12. The molecule has 0 saturated carbocycles. The molecule has 2 rings (SSSR count). The van der Waals surface area contributed by atoms with E-state index in [1.54, 1.807) is 25.1 Å². The topological polar surface area (TPSA) is 74.2 Å². The van der Waals surface area contributed by atoms with Crippen molar-refractivity contribution in [3.8, 4) is 29.1 Å². The van der Waals surface area contributed by atoms with Gasteiger partial charge in [-0.25, -0.2) is 4.79 Å². The van der Waals surface area contributed by atoms with Crippen LogP contribution in [0.3, 0.4) is 0 Å². The highest BCUT2D eigenvalue weighted by atomic mass is 35.5. The molecule has 1 atom stereocenters. The van der Waals surface area contributed by atoms with Crippen molar-refractivity contribution >= 4 is 17.6 Å². The Hall–Kier alpha value is -3.14. The van der Waals surface area contributed by atoms with Crippen LogP contribution in [-0.4, -0.2) is 43.6 Å². The van der Waals surface area contributed by atoms with E-state index in [1.807, 2.05) is 45.0 Å². The van der Waals surface area contributed by atoms with Crippen LogP contribution in [0.5, 0.6) is 17.2 Å². The molecule has 0 aromatic heterocycles. The fraction of sp³-hybridized carbons (Fsp3) is 0.370. The van der Waals surface area contributed by atoms with Crippen molar-refractivity contribution in [3.05, 3.63) is 64.2 Å². The SMILES string of the molecule is CCOc1cc(C#C/C(C)=C/COc2ccc(C[C@H](OCC)C(=O)O)cc2Cl)cc(OCC)c1. The minimum absolute atomic E-state index is 0.229. The standard InChI is InChI=1S/C27H31ClO6/c1-5-31-22-14-20(15-23(18-22)32-6-2)9-8-19(4)12-13-34-25-11-10-21(16-24(25)28)17-26(27(29)30)33-7-3/h10-12,14-16,18,26H,5-7,13,17H2,1-4H3,(H,29,30)/b19-12+/t26-/m0/s1. The third-order valence-corrected chi connectivity index (χ3v) is 4.89. The highest BCUT2D eigenvalue weighted by molar-refractivity contribution is 6.32. The van der Waals surface area contributed by atoms with Gasteiger partial charge in [-0.05, 0) is 69.2 Å². The third kappa shape index (κ3) is 9.01. The molecule has 34 heavy (non-hydrogen) atoms. The van der Waals surface area contributed by atoms with Gasteiger partial charge in [-0.3, -0.25) is 0 Å². The van der Waals surface area contributed by atoms with Gasteiger partial charge in [0.25, 0.3) is 0 Å². The zero-order chi connectivity index (χ0) is 24.9. The van der Waals surface area contributed by atoms with E-state index in [-0.39, 0.29) is 6.42 Å². The first-order valence-electron chi connectivity index (χ1n) is 11.2. The average Bonchev–Trinajstić information content (AvgIpc) is 2.79. The first kappa shape index (κ1) is 27.1. The summed E-state index contributed by atoms with van der Waals surface area (Å²) in [5.41, 5.74) is 2.40. The van der Waals surface area contributed by atoms with Crippen LogP contribution in [0.4, 0.5) is 0 Å². The Morgan fingerprint density at radius 2 is 1.71 bits per heavy atom. The van der Waals surface area contributed by atoms with E-state index < -0.39 is 12.1 Å². The third-order valence-electron chi connectivity index (χ3n) is 4.60. The Morgan fingerprint density at radius 3 is 2.26 bits per heavy atom. The minimum Gasteiger partial charge on any atom is -0.494 e. The molecule has 0 radical (unpaired) electrons. The van der Waals surface area contributed by atoms with Crippen LogP contribution >= 0.6 is 11.6 Å². The van der Waals surface area contributed by atoms with Crippen LogP contribution in [0.15, 0.2) is 48.0 Å². The molecule has 0 fully saturated rings. The monoisotopic (exact) mass is 486 g/mol. The maximum atomic E-state index is 11.3. The molecule has 0 aliphatic carbocycles. The number of carbonyl (C=O) groups is 1. The number of allylic oxidation sites excluding steroid dienone is 1. The predicted molar refractivity (Wildman–Crippen MR) is 133 cm³/mol. The van der Waals surface area contributed by atoms with E-state index in [4.69, 9.17) is 30.5 Å². The zero-order valence-corrected chi connectivity index (χ0v) is 20.8. The molecule has 0 bridgehead atoms. The van der Waals surface area contributed by atoms with Crippen LogP contribution in [0, 0.1) is 11.8 Å². The van der Waals surface area contributed by atoms with Crippen molar-refractivity contribution in [2.75, 3.05) is 26.4 Å². The lowest BCUT2D eigenvalue weighted by atomic mass is 10.1. The second kappa shape index (κ2) is 14.2. The summed E-state index contributed by atoms with van der Waals surface area (Å²) in [5, 5.41) is 9.65. The van der Waals surface area contributed by atoms with Gasteiger partial charge in [-0.1, -0.05) is 29.5 Å². The fourth-order valence-corrected chi connectivity index (χ4v) is 3.30. The van der Waals surface area contributed by atoms with Crippen molar-refractivity contribution < 1.29 is 28.8 Å². The number of carboxylic acids is 1. The van der Waals surface area contributed by atoms with Gasteiger partial charge in [-0.15, -0.1) is 0 Å². The summed E-state index contributed by atoms with van der Waals surface area (Å²) in [6.45, 7) is 9.26. The van der Waals surface area contributed by atoms with Crippen LogP contribution in [-0.2, 0) is 16.0 Å². The zero-order valence-electron chi connectivity index (χ0n) is 20.0. The lowest BCUT2D eigenvalue weighted by Crippen LogP contribution is -2.26. The number of hydrogen-bond donors (Lipinski definition) is 1. The largest absolute Gasteiger partial charge is 0.494 e. The van der Waals surface area contributed by atoms with Crippen molar-refractivity contribution in [2.45, 2.75) is 40.2 Å². The average molecular weight is 487 g/mol. The fourth-order valence-electron chi connectivity index (χ4n) is 3.04. The Morgan fingerprint density at radius 1 is 1.03 bits per heavy atom. The number of hydrogen-bond acceptors (Lipinski definition) is 5. The lowest BCUT2D eigenvalue weighted by Gasteiger charge is -2.13. The Kier molecular flexibility index (Phi) is 11.3. The smallest absolute Gasteiger partial charge is 0.333 e. The summed E-state index contributed by atoms with van der Waals surface area (Å²) >= 11 is 6.32. The Bertz CT molecular complexity index is 1030. The molecule has 0 spiro atoms. The van der Waals surface area contributed by atoms with Crippen molar-refractivity contribution in [3.63, 3.8) is 0 Å². The summed E-state index contributed by atoms with van der Waals surface area (Å²) in [6, 6.07) is 10.8. The van der Waals surface area contributed by atoms with Gasteiger partial charge >= 0.3 is 5.97 Å². The quantitative estimate of drug-likeness (QED) is 0.397. The van der Waals surface area contributed by atoms with Gasteiger partial charge in [0.2, 0.25) is 0 Å². The van der Waals surface area contributed by atoms with Gasteiger partial charge in [-0.2, -0.15) is 0 Å². The molecule has 0 aliphatic rings. The minimum atomic E-state index is -1.00. The molecule has 7 heteroatoms. The van der Waals surface area contributed by atoms with Gasteiger partial charge in [0.1, 0.15) is 23.9 Å². The summed E-state index contributed by atoms with van der Waals surface area (Å²) in [7, 11) is 0. The first-order chi connectivity index (χ1) is 16.4. The number of ether oxygens (including phenoxy) is 4. The lowest BCUT2D eigenvalue weighted by molar-refractivity contribution is -0.149. The molecule has 0 aliphatic heterocycles. The van der Waals surface area contributed by atoms with Crippen LogP contribution in [0.25, 0.3) is 0 Å². The normalized spacial score (nSPS) is 11.9. The molecule has 0 unspecified atom stereocenters. The molecule has 2 aromatic carbocycles. The van der Waals surface area contributed by atoms with E-state index >= 15 is 0 Å². The molecule has 0 heterocycles. The van der Waals surface area contributed by atoms with Crippen molar-refractivity contribution in [1.82, 2.24) is 0 Å². The van der Waals surface area contributed by atoms with Gasteiger partial charge in [0.05, 0.1) is 18.2 Å². The molecule has 0 saturated heterocycles. The molecule has 182 valence electrons. The van der Waals surface area contributed by atoms with Crippen LogP contribution in [0.2, 0.25) is 5.02 Å². The van der Waals surface area contributed by atoms with E-state index in [1.165, 1.54) is 0 Å². The number of benzene rings is 2. The molecule has 1 N–H and O–H groups in total. The summed E-state index contributed by atoms with van der Waals surface area (Å²) in [5.74, 6) is 7.18. The van der Waals surface area contributed by atoms with E-state index in [0.717, 1.165) is 28.2 Å². The molecule has 6 nitrogen and oxygen atoms in total. The summed E-state index contributed by atoms with van der Waals surface area (Å²) < 4.78 is 22.2. The molecule has 2 aromatic rings. The molecular weight excluding hydrogens is 456 g/mol. The molecular formula is C27H31ClO6. The van der Waals surface area contributed by atoms with Gasteiger partial charge in [0, 0.05) is 24.7 Å². The van der Waals surface area contributed by atoms with Crippen molar-refractivity contribution in [1.29, 1.82) is 0 Å². The Labute approximate surface area is 206 Å². The number of carboxylic acid groups (broad SMARTS) is 1. The van der Waals surface area contributed by atoms with Crippen LogP contribution < -0.4 is 14.2 Å². The number of halogens is 1. The maximum absolute atomic E-state index is 11.3. The second-order valence-corrected chi connectivity index (χ2v) is 7.67. The van der Waals surface area contributed by atoms with Gasteiger partial charge in [0.15, 0.2) is 6.10 Å². The maximum Gasteiger partial charge on any atom is 0.333 e. The number of aliphatic carboxylic acids is 1. The summed E-state index contributed by atoms with van der Waals surface area (Å²) in [4.78, 5) is 11.3. The summed E-state index contributed by atoms with van der Waals surface area (Å²) in [6.07, 6.45) is 1.19. The predicted octanol–water partition coefficient (Wildman–Crippen LogP) is 5.55. The van der Waals surface area contributed by atoms with E-state index in [9.17, 15) is 9.90 Å². The first-order valence-corrected chi connectivity index (χ1v) is 11.6. The molecule has 0 amide bonds. The Balaban J connectivity index is 2.01. The van der Waals surface area contributed by atoms with Crippen LogP contribution in [0.1, 0.15) is 38.8 Å². The second-order valence-electron chi connectivity index (χ2n) is 7.26. The van der Waals surface area contributed by atoms with E-state index in [2.05, 4.69) is 11.8 Å². The van der Waals surface area contributed by atoms with E-state index in [0.29, 0.717) is 37.2 Å².